The molecular formula is C13H16FNO4. The molecule has 0 aliphatic carbocycles. The van der Waals surface area contributed by atoms with E-state index in [1.54, 1.807) is 13.8 Å². The van der Waals surface area contributed by atoms with Gasteiger partial charge in [-0.3, -0.25) is 4.79 Å². The van der Waals surface area contributed by atoms with Crippen LogP contribution >= 0.6 is 0 Å². The Morgan fingerprint density at radius 3 is 2.58 bits per heavy atom. The van der Waals surface area contributed by atoms with Gasteiger partial charge in [0, 0.05) is 7.11 Å². The summed E-state index contributed by atoms with van der Waals surface area (Å²) in [5.74, 6) is -2.38. The number of carboxylic acid groups (broad SMARTS) is 1. The molecule has 104 valence electrons. The zero-order valence-corrected chi connectivity index (χ0v) is 11.0. The number of halogens is 1. The predicted molar refractivity (Wildman–Crippen MR) is 67.7 cm³/mol. The second kappa shape index (κ2) is 5.79. The summed E-state index contributed by atoms with van der Waals surface area (Å²) in [5.41, 5.74) is -0.887. The number of hydrogen-bond acceptors (Lipinski definition) is 3. The van der Waals surface area contributed by atoms with Gasteiger partial charge in [0.05, 0.1) is 23.3 Å². The van der Waals surface area contributed by atoms with Gasteiger partial charge in [0.15, 0.2) is 0 Å². The van der Waals surface area contributed by atoms with Crippen molar-refractivity contribution in [3.05, 3.63) is 29.6 Å². The third-order valence-electron chi connectivity index (χ3n) is 2.62. The lowest BCUT2D eigenvalue weighted by Crippen LogP contribution is -2.29. The van der Waals surface area contributed by atoms with E-state index in [1.807, 2.05) is 0 Å². The van der Waals surface area contributed by atoms with Gasteiger partial charge in [0.25, 0.3) is 0 Å². The summed E-state index contributed by atoms with van der Waals surface area (Å²) in [5, 5.41) is 11.4. The number of ether oxygens (including phenoxy) is 1. The number of nitrogens with one attached hydrogen (secondary N) is 1. The normalized spacial score (nSPS) is 11.2. The number of carboxylic acids is 1. The molecule has 0 bridgehead atoms. The Kier molecular flexibility index (Phi) is 4.61. The molecular weight excluding hydrogens is 253 g/mol. The molecule has 0 aromatic heterocycles. The second-order valence-electron chi connectivity index (χ2n) is 4.68. The Labute approximate surface area is 110 Å². The third kappa shape index (κ3) is 4.33. The van der Waals surface area contributed by atoms with E-state index in [9.17, 15) is 14.0 Å². The number of carbonyl (C=O) groups excluding carboxylic acids is 1. The number of hydrogen-bond donors (Lipinski definition) is 2. The van der Waals surface area contributed by atoms with E-state index < -0.39 is 23.3 Å². The molecule has 0 aliphatic rings. The van der Waals surface area contributed by atoms with Crippen molar-refractivity contribution in [2.24, 2.45) is 0 Å². The maximum atomic E-state index is 13.0. The van der Waals surface area contributed by atoms with Crippen LogP contribution in [0.2, 0.25) is 0 Å². The third-order valence-corrected chi connectivity index (χ3v) is 2.62. The zero-order valence-electron chi connectivity index (χ0n) is 11.0. The van der Waals surface area contributed by atoms with E-state index in [1.165, 1.54) is 13.2 Å². The van der Waals surface area contributed by atoms with Crippen LogP contribution in [0.3, 0.4) is 0 Å². The second-order valence-corrected chi connectivity index (χ2v) is 4.68. The van der Waals surface area contributed by atoms with Crippen molar-refractivity contribution in [2.75, 3.05) is 12.4 Å². The summed E-state index contributed by atoms with van der Waals surface area (Å²) in [4.78, 5) is 22.7. The number of carbonyl (C=O) groups is 2. The molecule has 2 N–H and O–H groups in total. The van der Waals surface area contributed by atoms with Crippen LogP contribution in [0, 0.1) is 5.82 Å². The maximum absolute atomic E-state index is 13.0. The van der Waals surface area contributed by atoms with Gasteiger partial charge in [0.1, 0.15) is 5.82 Å². The van der Waals surface area contributed by atoms with Crippen molar-refractivity contribution >= 4 is 17.6 Å². The Morgan fingerprint density at radius 1 is 1.42 bits per heavy atom. The van der Waals surface area contributed by atoms with E-state index >= 15 is 0 Å². The first-order chi connectivity index (χ1) is 8.75. The molecule has 1 aromatic carbocycles. The van der Waals surface area contributed by atoms with E-state index in [2.05, 4.69) is 5.32 Å². The van der Waals surface area contributed by atoms with Gasteiger partial charge in [-0.1, -0.05) is 0 Å². The quantitative estimate of drug-likeness (QED) is 0.859. The largest absolute Gasteiger partial charge is 0.478 e. The summed E-state index contributed by atoms with van der Waals surface area (Å²) < 4.78 is 18.1. The number of amides is 1. The molecule has 0 aliphatic heterocycles. The van der Waals surface area contributed by atoms with Crippen molar-refractivity contribution in [3.8, 4) is 0 Å². The minimum atomic E-state index is -1.30. The fourth-order valence-electron chi connectivity index (χ4n) is 1.46. The zero-order chi connectivity index (χ0) is 14.6. The van der Waals surface area contributed by atoms with Crippen LogP contribution in [0.4, 0.5) is 10.1 Å². The summed E-state index contributed by atoms with van der Waals surface area (Å²) >= 11 is 0. The van der Waals surface area contributed by atoms with Gasteiger partial charge in [0.2, 0.25) is 5.91 Å². The molecule has 1 rings (SSSR count). The number of aromatic carboxylic acids is 1. The lowest BCUT2D eigenvalue weighted by Gasteiger charge is -2.22. The molecule has 0 saturated carbocycles. The topological polar surface area (TPSA) is 75.6 Å². The first kappa shape index (κ1) is 15.1. The Hall–Kier alpha value is -1.95. The van der Waals surface area contributed by atoms with Crippen molar-refractivity contribution < 1.29 is 23.8 Å². The molecule has 0 heterocycles. The van der Waals surface area contributed by atoms with Crippen LogP contribution < -0.4 is 5.32 Å². The number of anilines is 1. The standard InChI is InChI=1S/C13H16FNO4/c1-13(2,19-3)7-11(16)15-10-5-4-8(14)6-9(10)12(17)18/h4-6H,7H2,1-3H3,(H,15,16)(H,17,18). The Balaban J connectivity index is 2.88. The van der Waals surface area contributed by atoms with Crippen LogP contribution in [0.1, 0.15) is 30.6 Å². The van der Waals surface area contributed by atoms with Crippen molar-refractivity contribution in [3.63, 3.8) is 0 Å². The van der Waals surface area contributed by atoms with Gasteiger partial charge in [-0.2, -0.15) is 0 Å². The highest BCUT2D eigenvalue weighted by molar-refractivity contribution is 6.00. The predicted octanol–water partition coefficient (Wildman–Crippen LogP) is 2.28. The summed E-state index contributed by atoms with van der Waals surface area (Å²) in [6, 6.07) is 3.17. The highest BCUT2D eigenvalue weighted by atomic mass is 19.1. The van der Waals surface area contributed by atoms with E-state index in [4.69, 9.17) is 9.84 Å². The van der Waals surface area contributed by atoms with Gasteiger partial charge < -0.3 is 15.2 Å². The molecule has 0 saturated heterocycles. The molecule has 1 amide bonds. The fourth-order valence-corrected chi connectivity index (χ4v) is 1.46. The maximum Gasteiger partial charge on any atom is 0.337 e. The summed E-state index contributed by atoms with van der Waals surface area (Å²) in [6.07, 6.45) is 0.0555. The first-order valence-electron chi connectivity index (χ1n) is 5.63. The van der Waals surface area contributed by atoms with Crippen LogP contribution in [0.15, 0.2) is 18.2 Å². The Morgan fingerprint density at radius 2 is 2.05 bits per heavy atom. The lowest BCUT2D eigenvalue weighted by atomic mass is 10.0. The fraction of sp³-hybridized carbons (Fsp3) is 0.385. The molecule has 0 radical (unpaired) electrons. The smallest absolute Gasteiger partial charge is 0.337 e. The summed E-state index contributed by atoms with van der Waals surface area (Å²) in [6.45, 7) is 3.46. The highest BCUT2D eigenvalue weighted by Gasteiger charge is 2.22. The number of methoxy groups -OCH3 is 1. The van der Waals surface area contributed by atoms with Gasteiger partial charge in [-0.25, -0.2) is 9.18 Å². The van der Waals surface area contributed by atoms with Crippen molar-refractivity contribution in [1.82, 2.24) is 0 Å². The van der Waals surface area contributed by atoms with Crippen LogP contribution in [-0.4, -0.2) is 29.7 Å². The molecule has 0 atom stereocenters. The van der Waals surface area contributed by atoms with Gasteiger partial charge in [-0.15, -0.1) is 0 Å². The summed E-state index contributed by atoms with van der Waals surface area (Å²) in [7, 11) is 1.48. The first-order valence-corrected chi connectivity index (χ1v) is 5.63. The van der Waals surface area contributed by atoms with Gasteiger partial charge in [-0.05, 0) is 32.0 Å². The van der Waals surface area contributed by atoms with Crippen LogP contribution in [-0.2, 0) is 9.53 Å². The molecule has 0 unspecified atom stereocenters. The van der Waals surface area contributed by atoms with Crippen LogP contribution in [0.25, 0.3) is 0 Å². The highest BCUT2D eigenvalue weighted by Crippen LogP contribution is 2.19. The molecule has 0 fully saturated rings. The minimum absolute atomic E-state index is 0.0555. The van der Waals surface area contributed by atoms with Gasteiger partial charge >= 0.3 is 5.97 Å². The minimum Gasteiger partial charge on any atom is -0.478 e. The van der Waals surface area contributed by atoms with E-state index in [-0.39, 0.29) is 17.7 Å². The monoisotopic (exact) mass is 269 g/mol. The Bertz CT molecular complexity index is 499. The molecule has 0 spiro atoms. The number of benzene rings is 1. The molecule has 1 aromatic rings. The van der Waals surface area contributed by atoms with E-state index in [0.717, 1.165) is 12.1 Å². The molecule has 5 nitrogen and oxygen atoms in total. The molecule has 19 heavy (non-hydrogen) atoms. The van der Waals surface area contributed by atoms with Crippen LogP contribution in [0.5, 0.6) is 0 Å². The molecule has 6 heteroatoms. The average molecular weight is 269 g/mol. The van der Waals surface area contributed by atoms with Crippen molar-refractivity contribution in [1.29, 1.82) is 0 Å². The number of rotatable bonds is 5. The van der Waals surface area contributed by atoms with Crippen molar-refractivity contribution in [2.45, 2.75) is 25.9 Å². The SMILES string of the molecule is COC(C)(C)CC(=O)Nc1ccc(F)cc1C(=O)O. The average Bonchev–Trinajstić information content (AvgIpc) is 2.30. The lowest BCUT2D eigenvalue weighted by molar-refractivity contribution is -0.121. The van der Waals surface area contributed by atoms with E-state index in [0.29, 0.717) is 0 Å².